The number of hydrogen-bond donors (Lipinski definition) is 2. The molecule has 1 saturated heterocycles. The van der Waals surface area contributed by atoms with Crippen molar-refractivity contribution in [2.24, 2.45) is 0 Å². The summed E-state index contributed by atoms with van der Waals surface area (Å²) in [6, 6.07) is 8.01. The van der Waals surface area contributed by atoms with Crippen molar-refractivity contribution in [3.63, 3.8) is 0 Å². The SMILES string of the molecule is CN(c1ncnc2[nH]ccc12)C1CCN(CCNc2cc(Cl)cc(Cl)c2)C1. The van der Waals surface area contributed by atoms with Crippen LogP contribution < -0.4 is 10.2 Å². The van der Waals surface area contributed by atoms with E-state index in [0.717, 1.165) is 55.1 Å². The third-order valence-corrected chi connectivity index (χ3v) is 5.52. The minimum Gasteiger partial charge on any atom is -0.384 e. The smallest absolute Gasteiger partial charge is 0.142 e. The van der Waals surface area contributed by atoms with Crippen LogP contribution in [0, 0.1) is 0 Å². The molecule has 1 fully saturated rings. The third-order valence-electron chi connectivity index (χ3n) is 5.08. The molecule has 3 heterocycles. The maximum atomic E-state index is 6.05. The van der Waals surface area contributed by atoms with Gasteiger partial charge in [0, 0.05) is 61.2 Å². The molecule has 0 saturated carbocycles. The van der Waals surface area contributed by atoms with E-state index in [2.05, 4.69) is 37.1 Å². The number of aromatic nitrogens is 3. The highest BCUT2D eigenvalue weighted by Crippen LogP contribution is 2.26. The van der Waals surface area contributed by atoms with E-state index in [1.54, 1.807) is 12.4 Å². The normalized spacial score (nSPS) is 17.5. The number of likely N-dealkylation sites (N-methyl/N-ethyl adjacent to an activating group) is 1. The van der Waals surface area contributed by atoms with E-state index < -0.39 is 0 Å². The fraction of sp³-hybridized carbons (Fsp3) is 0.368. The molecule has 1 atom stereocenters. The van der Waals surface area contributed by atoms with Crippen molar-refractivity contribution in [2.75, 3.05) is 43.4 Å². The molecule has 0 bridgehead atoms. The van der Waals surface area contributed by atoms with Crippen molar-refractivity contribution in [3.05, 3.63) is 46.8 Å². The van der Waals surface area contributed by atoms with Gasteiger partial charge in [0.1, 0.15) is 17.8 Å². The third kappa shape index (κ3) is 4.13. The Morgan fingerprint density at radius 2 is 2.07 bits per heavy atom. The highest BCUT2D eigenvalue weighted by Gasteiger charge is 2.27. The van der Waals surface area contributed by atoms with Crippen molar-refractivity contribution < 1.29 is 0 Å². The van der Waals surface area contributed by atoms with E-state index in [0.29, 0.717) is 16.1 Å². The topological polar surface area (TPSA) is 60.1 Å². The maximum Gasteiger partial charge on any atom is 0.142 e. The number of aromatic amines is 1. The fourth-order valence-electron chi connectivity index (χ4n) is 3.66. The molecule has 3 aromatic rings. The Kier molecular flexibility index (Phi) is 5.38. The molecule has 2 N–H and O–H groups in total. The van der Waals surface area contributed by atoms with Crippen LogP contribution in [-0.2, 0) is 0 Å². The molecule has 1 aliphatic rings. The minimum absolute atomic E-state index is 0.443. The Bertz CT molecular complexity index is 907. The molecule has 27 heavy (non-hydrogen) atoms. The molecular weight excluding hydrogens is 383 g/mol. The van der Waals surface area contributed by atoms with Crippen molar-refractivity contribution in [3.8, 4) is 0 Å². The Hall–Kier alpha value is -2.02. The van der Waals surface area contributed by atoms with Crippen LogP contribution in [0.25, 0.3) is 11.0 Å². The number of likely N-dealkylation sites (tertiary alicyclic amines) is 1. The molecule has 4 rings (SSSR count). The van der Waals surface area contributed by atoms with Crippen LogP contribution in [0.3, 0.4) is 0 Å². The molecular formula is C19H22Cl2N6. The first-order valence-corrected chi connectivity index (χ1v) is 9.79. The summed E-state index contributed by atoms with van der Waals surface area (Å²) in [6.45, 7) is 3.92. The molecule has 0 amide bonds. The van der Waals surface area contributed by atoms with Crippen molar-refractivity contribution in [1.82, 2.24) is 19.9 Å². The molecule has 0 aliphatic carbocycles. The number of hydrogen-bond acceptors (Lipinski definition) is 5. The quantitative estimate of drug-likeness (QED) is 0.652. The summed E-state index contributed by atoms with van der Waals surface area (Å²) < 4.78 is 0. The van der Waals surface area contributed by atoms with Crippen molar-refractivity contribution >= 4 is 45.7 Å². The number of nitrogens with one attached hydrogen (secondary N) is 2. The number of H-pyrrole nitrogens is 1. The number of nitrogens with zero attached hydrogens (tertiary/aromatic N) is 4. The van der Waals surface area contributed by atoms with Gasteiger partial charge in [0.15, 0.2) is 0 Å². The van der Waals surface area contributed by atoms with Crippen LogP contribution in [0.5, 0.6) is 0 Å². The van der Waals surface area contributed by atoms with Gasteiger partial charge in [-0.25, -0.2) is 9.97 Å². The predicted octanol–water partition coefficient (Wildman–Crippen LogP) is 3.89. The molecule has 142 valence electrons. The van der Waals surface area contributed by atoms with Crippen LogP contribution in [0.4, 0.5) is 11.5 Å². The van der Waals surface area contributed by atoms with Crippen molar-refractivity contribution in [2.45, 2.75) is 12.5 Å². The summed E-state index contributed by atoms with van der Waals surface area (Å²) in [7, 11) is 2.12. The standard InChI is InChI=1S/C19H22Cl2N6/c1-26(19-17-2-4-23-18(17)24-12-25-19)16-3-6-27(11-16)7-5-22-15-9-13(20)8-14(21)10-15/h2,4,8-10,12,16,22H,3,5-7,11H2,1H3,(H,23,24,25). The van der Waals surface area contributed by atoms with E-state index in [-0.39, 0.29) is 0 Å². The van der Waals surface area contributed by atoms with Crippen molar-refractivity contribution in [1.29, 1.82) is 0 Å². The van der Waals surface area contributed by atoms with Gasteiger partial charge in [-0.15, -0.1) is 0 Å². The summed E-state index contributed by atoms with van der Waals surface area (Å²) >= 11 is 12.1. The van der Waals surface area contributed by atoms with Gasteiger partial charge in [0.2, 0.25) is 0 Å². The lowest BCUT2D eigenvalue weighted by Crippen LogP contribution is -2.36. The Morgan fingerprint density at radius 1 is 1.26 bits per heavy atom. The number of halogens is 2. The molecule has 2 aromatic heterocycles. The number of anilines is 2. The first-order valence-electron chi connectivity index (χ1n) is 9.03. The van der Waals surface area contributed by atoms with Gasteiger partial charge in [0.05, 0.1) is 5.39 Å². The highest BCUT2D eigenvalue weighted by atomic mass is 35.5. The summed E-state index contributed by atoms with van der Waals surface area (Å²) in [5.74, 6) is 0.986. The average molecular weight is 405 g/mol. The lowest BCUT2D eigenvalue weighted by atomic mass is 10.2. The average Bonchev–Trinajstić information content (AvgIpc) is 3.29. The summed E-state index contributed by atoms with van der Waals surface area (Å²) in [6.07, 6.45) is 4.65. The fourth-order valence-corrected chi connectivity index (χ4v) is 4.18. The molecule has 1 aliphatic heterocycles. The number of benzene rings is 1. The predicted molar refractivity (Wildman–Crippen MR) is 112 cm³/mol. The van der Waals surface area contributed by atoms with Gasteiger partial charge in [-0.05, 0) is 30.7 Å². The molecule has 1 unspecified atom stereocenters. The summed E-state index contributed by atoms with van der Waals surface area (Å²) in [5, 5.41) is 5.76. The first kappa shape index (κ1) is 18.3. The second-order valence-corrected chi connectivity index (χ2v) is 7.75. The van der Waals surface area contributed by atoms with E-state index >= 15 is 0 Å². The lowest BCUT2D eigenvalue weighted by molar-refractivity contribution is 0.346. The molecule has 8 heteroatoms. The minimum atomic E-state index is 0.443. The van der Waals surface area contributed by atoms with Crippen LogP contribution in [-0.4, -0.2) is 59.1 Å². The first-order chi connectivity index (χ1) is 13.1. The monoisotopic (exact) mass is 404 g/mol. The van der Waals surface area contributed by atoms with Crippen LogP contribution in [0.2, 0.25) is 10.0 Å². The van der Waals surface area contributed by atoms with Crippen LogP contribution in [0.1, 0.15) is 6.42 Å². The number of fused-ring (bicyclic) bond motifs is 1. The van der Waals surface area contributed by atoms with Crippen LogP contribution in [0.15, 0.2) is 36.8 Å². The Balaban J connectivity index is 1.32. The second kappa shape index (κ2) is 7.92. The molecule has 0 spiro atoms. The van der Waals surface area contributed by atoms with E-state index in [9.17, 15) is 0 Å². The van der Waals surface area contributed by atoms with Gasteiger partial charge in [-0.1, -0.05) is 23.2 Å². The number of rotatable bonds is 6. The zero-order valence-electron chi connectivity index (χ0n) is 15.1. The highest BCUT2D eigenvalue weighted by molar-refractivity contribution is 6.35. The lowest BCUT2D eigenvalue weighted by Gasteiger charge is -2.26. The van der Waals surface area contributed by atoms with Gasteiger partial charge in [-0.3, -0.25) is 4.90 Å². The molecule has 1 aromatic carbocycles. The van der Waals surface area contributed by atoms with Gasteiger partial charge in [0.25, 0.3) is 0 Å². The molecule has 0 radical (unpaired) electrons. The van der Waals surface area contributed by atoms with E-state index in [1.807, 2.05) is 24.4 Å². The largest absolute Gasteiger partial charge is 0.384 e. The summed E-state index contributed by atoms with van der Waals surface area (Å²) in [5.41, 5.74) is 1.84. The Morgan fingerprint density at radius 3 is 2.89 bits per heavy atom. The summed E-state index contributed by atoms with van der Waals surface area (Å²) in [4.78, 5) is 16.7. The van der Waals surface area contributed by atoms with Gasteiger partial charge < -0.3 is 15.2 Å². The van der Waals surface area contributed by atoms with E-state index in [1.165, 1.54) is 0 Å². The molecule has 6 nitrogen and oxygen atoms in total. The van der Waals surface area contributed by atoms with Crippen LogP contribution >= 0.6 is 23.2 Å². The van der Waals surface area contributed by atoms with Gasteiger partial charge in [-0.2, -0.15) is 0 Å². The van der Waals surface area contributed by atoms with E-state index in [4.69, 9.17) is 23.2 Å². The zero-order valence-corrected chi connectivity index (χ0v) is 16.6. The maximum absolute atomic E-state index is 6.05. The second-order valence-electron chi connectivity index (χ2n) is 6.88. The zero-order chi connectivity index (χ0) is 18.8. The Labute approximate surface area is 168 Å². The van der Waals surface area contributed by atoms with Gasteiger partial charge >= 0.3 is 0 Å².